The molecule has 2 atom stereocenters. The van der Waals surface area contributed by atoms with Crippen molar-refractivity contribution in [2.45, 2.75) is 19.0 Å². The number of hydrogen-bond acceptors (Lipinski definition) is 8. The molecule has 11 nitrogen and oxygen atoms in total. The smallest absolute Gasteiger partial charge is 0.321 e. The lowest BCUT2D eigenvalue weighted by Crippen LogP contribution is -2.59. The Labute approximate surface area is 231 Å². The molecule has 1 saturated heterocycles. The van der Waals surface area contributed by atoms with Gasteiger partial charge in [-0.2, -0.15) is 15.2 Å². The number of rotatable bonds is 6. The van der Waals surface area contributed by atoms with E-state index in [2.05, 4.69) is 49.7 Å². The van der Waals surface area contributed by atoms with Crippen LogP contribution in [0.5, 0.6) is 0 Å². The Kier molecular flexibility index (Phi) is 7.02. The fourth-order valence-electron chi connectivity index (χ4n) is 5.01. The molecular weight excluding hydrogens is 504 g/mol. The summed E-state index contributed by atoms with van der Waals surface area (Å²) in [5, 5.41) is 14.6. The molecule has 1 aliphatic heterocycles. The van der Waals surface area contributed by atoms with E-state index in [-0.39, 0.29) is 18.1 Å². The van der Waals surface area contributed by atoms with Gasteiger partial charge in [0.15, 0.2) is 0 Å². The molecule has 0 saturated carbocycles. The zero-order valence-electron chi connectivity index (χ0n) is 22.3. The third-order valence-corrected chi connectivity index (χ3v) is 7.25. The average Bonchev–Trinajstić information content (AvgIpc) is 3.42. The van der Waals surface area contributed by atoms with Gasteiger partial charge >= 0.3 is 6.03 Å². The standard InChI is InChI=1S/C29H30N10O/c1-20(26-18-38(16-15-37(26)2)29(40)34-22-7-4-3-5-8-22)33-28-30-14-12-27(35-28)39-19-31-24-17-21(10-11-25(24)39)23-9-6-13-32-36-23/h3-14,17,19-20,26H,15-16,18H2,1-2H3,(H,34,40)(H,30,33,35). The highest BCUT2D eigenvalue weighted by Gasteiger charge is 2.31. The van der Waals surface area contributed by atoms with Gasteiger partial charge in [0.05, 0.1) is 16.7 Å². The number of likely N-dealkylation sites (N-methyl/N-ethyl adjacent to an activating group) is 1. The van der Waals surface area contributed by atoms with Gasteiger partial charge < -0.3 is 15.5 Å². The number of anilines is 2. The van der Waals surface area contributed by atoms with Crippen LogP contribution >= 0.6 is 0 Å². The number of hydrogen-bond donors (Lipinski definition) is 2. The zero-order chi connectivity index (χ0) is 27.5. The summed E-state index contributed by atoms with van der Waals surface area (Å²) in [6.45, 7) is 4.12. The van der Waals surface area contributed by atoms with Crippen molar-refractivity contribution in [3.05, 3.63) is 85.5 Å². The van der Waals surface area contributed by atoms with Gasteiger partial charge in [0.25, 0.3) is 0 Å². The summed E-state index contributed by atoms with van der Waals surface area (Å²) in [4.78, 5) is 30.9. The van der Waals surface area contributed by atoms with Gasteiger partial charge in [-0.3, -0.25) is 9.47 Å². The summed E-state index contributed by atoms with van der Waals surface area (Å²) < 4.78 is 1.94. The maximum atomic E-state index is 12.9. The molecule has 0 aliphatic carbocycles. The number of imidazole rings is 1. The van der Waals surface area contributed by atoms with E-state index in [4.69, 9.17) is 4.98 Å². The molecule has 40 heavy (non-hydrogen) atoms. The summed E-state index contributed by atoms with van der Waals surface area (Å²) >= 11 is 0. The third kappa shape index (κ3) is 5.32. The number of nitrogens with one attached hydrogen (secondary N) is 2. The topological polar surface area (TPSA) is 117 Å². The Morgan fingerprint density at radius 2 is 1.88 bits per heavy atom. The molecular formula is C29H30N10O. The van der Waals surface area contributed by atoms with Gasteiger partial charge in [-0.1, -0.05) is 24.3 Å². The first-order valence-corrected chi connectivity index (χ1v) is 13.2. The Morgan fingerprint density at radius 1 is 1.00 bits per heavy atom. The van der Waals surface area contributed by atoms with Crippen LogP contribution in [-0.4, -0.2) is 84.3 Å². The number of urea groups is 1. The summed E-state index contributed by atoms with van der Waals surface area (Å²) in [5.74, 6) is 1.22. The second-order valence-electron chi connectivity index (χ2n) is 9.89. The van der Waals surface area contributed by atoms with E-state index in [9.17, 15) is 4.79 Å². The number of nitrogens with zero attached hydrogens (tertiary/aromatic N) is 8. The Balaban J connectivity index is 1.16. The lowest BCUT2D eigenvalue weighted by molar-refractivity contribution is 0.108. The van der Waals surface area contributed by atoms with E-state index in [0.717, 1.165) is 34.5 Å². The van der Waals surface area contributed by atoms with Crippen molar-refractivity contribution < 1.29 is 4.79 Å². The van der Waals surface area contributed by atoms with E-state index in [1.54, 1.807) is 18.7 Å². The van der Waals surface area contributed by atoms with E-state index in [1.165, 1.54) is 0 Å². The maximum absolute atomic E-state index is 12.9. The van der Waals surface area contributed by atoms with Gasteiger partial charge in [0.1, 0.15) is 12.1 Å². The first-order valence-electron chi connectivity index (χ1n) is 13.2. The average molecular weight is 535 g/mol. The van der Waals surface area contributed by atoms with Crippen LogP contribution in [0.1, 0.15) is 6.92 Å². The molecule has 1 aliphatic rings. The monoisotopic (exact) mass is 534 g/mol. The number of benzene rings is 2. The van der Waals surface area contributed by atoms with Crippen molar-refractivity contribution in [2.75, 3.05) is 37.3 Å². The summed E-state index contributed by atoms with van der Waals surface area (Å²) in [6.07, 6.45) is 5.16. The Morgan fingerprint density at radius 3 is 2.70 bits per heavy atom. The molecule has 0 radical (unpaired) electrons. The minimum Gasteiger partial charge on any atom is -0.350 e. The molecule has 2 amide bonds. The number of carbonyl (C=O) groups excluding carboxylic acids is 1. The van der Waals surface area contributed by atoms with E-state index in [0.29, 0.717) is 24.9 Å². The van der Waals surface area contributed by atoms with Crippen LogP contribution in [0.25, 0.3) is 28.1 Å². The summed E-state index contributed by atoms with van der Waals surface area (Å²) in [5.41, 5.74) is 4.30. The number of piperazine rings is 1. The molecule has 11 heteroatoms. The van der Waals surface area contributed by atoms with Crippen LogP contribution in [0.15, 0.2) is 85.5 Å². The lowest BCUT2D eigenvalue weighted by atomic mass is 10.1. The van der Waals surface area contributed by atoms with Crippen molar-refractivity contribution in [2.24, 2.45) is 0 Å². The minimum atomic E-state index is -0.0933. The minimum absolute atomic E-state index is 0.0124. The normalized spacial score (nSPS) is 16.6. The van der Waals surface area contributed by atoms with Gasteiger partial charge in [-0.05, 0) is 56.4 Å². The highest BCUT2D eigenvalue weighted by molar-refractivity contribution is 5.89. The van der Waals surface area contributed by atoms with Crippen molar-refractivity contribution in [3.63, 3.8) is 0 Å². The Bertz CT molecular complexity index is 1610. The Hall–Kier alpha value is -4.90. The molecule has 0 spiro atoms. The second kappa shape index (κ2) is 11.1. The van der Waals surface area contributed by atoms with Crippen molar-refractivity contribution in [1.29, 1.82) is 0 Å². The lowest BCUT2D eigenvalue weighted by Gasteiger charge is -2.42. The predicted octanol–water partition coefficient (Wildman–Crippen LogP) is 3.92. The number of para-hydroxylation sites is 1. The number of aromatic nitrogens is 6. The fourth-order valence-corrected chi connectivity index (χ4v) is 5.01. The molecule has 202 valence electrons. The second-order valence-corrected chi connectivity index (χ2v) is 9.89. The summed E-state index contributed by atoms with van der Waals surface area (Å²) in [7, 11) is 2.08. The van der Waals surface area contributed by atoms with E-state index >= 15 is 0 Å². The molecule has 2 N–H and O–H groups in total. The SMILES string of the molecule is CC(Nc1nccc(-n2cnc3cc(-c4cccnn4)ccc32)n1)C1CN(C(=O)Nc2ccccc2)CCN1C. The molecule has 1 fully saturated rings. The van der Waals surface area contributed by atoms with Crippen LogP contribution in [0.3, 0.4) is 0 Å². The number of fused-ring (bicyclic) bond motifs is 1. The predicted molar refractivity (Wildman–Crippen MR) is 154 cm³/mol. The highest BCUT2D eigenvalue weighted by atomic mass is 16.2. The van der Waals surface area contributed by atoms with Crippen molar-refractivity contribution >= 4 is 28.7 Å². The van der Waals surface area contributed by atoms with Gasteiger partial charge in [-0.15, -0.1) is 0 Å². The van der Waals surface area contributed by atoms with Crippen LogP contribution in [0.4, 0.5) is 16.4 Å². The van der Waals surface area contributed by atoms with Crippen LogP contribution < -0.4 is 10.6 Å². The largest absolute Gasteiger partial charge is 0.350 e. The van der Waals surface area contributed by atoms with Crippen LogP contribution in [-0.2, 0) is 0 Å². The first-order chi connectivity index (χ1) is 19.5. The van der Waals surface area contributed by atoms with Crippen molar-refractivity contribution in [3.8, 4) is 17.1 Å². The number of amides is 2. The third-order valence-electron chi connectivity index (χ3n) is 7.25. The van der Waals surface area contributed by atoms with E-state index in [1.807, 2.05) is 76.2 Å². The van der Waals surface area contributed by atoms with Gasteiger partial charge in [0.2, 0.25) is 5.95 Å². The van der Waals surface area contributed by atoms with Crippen molar-refractivity contribution in [1.82, 2.24) is 39.5 Å². The molecule has 3 aromatic heterocycles. The molecule has 6 rings (SSSR count). The molecule has 0 bridgehead atoms. The van der Waals surface area contributed by atoms with E-state index < -0.39 is 0 Å². The quantitative estimate of drug-likeness (QED) is 0.337. The molecule has 4 heterocycles. The van der Waals surface area contributed by atoms with Crippen LogP contribution in [0.2, 0.25) is 0 Å². The van der Waals surface area contributed by atoms with Gasteiger partial charge in [-0.25, -0.2) is 14.8 Å². The maximum Gasteiger partial charge on any atom is 0.321 e. The summed E-state index contributed by atoms with van der Waals surface area (Å²) in [6, 6.07) is 21.2. The van der Waals surface area contributed by atoms with Crippen LogP contribution in [0, 0.1) is 0 Å². The molecule has 2 unspecified atom stereocenters. The molecule has 2 aromatic carbocycles. The first kappa shape index (κ1) is 25.4. The zero-order valence-corrected chi connectivity index (χ0v) is 22.3. The fraction of sp³-hybridized carbons (Fsp3) is 0.241. The molecule has 5 aromatic rings. The van der Waals surface area contributed by atoms with Gasteiger partial charge in [0, 0.05) is 55.4 Å². The number of carbonyl (C=O) groups is 1. The highest BCUT2D eigenvalue weighted by Crippen LogP contribution is 2.24.